The lowest BCUT2D eigenvalue weighted by Crippen LogP contribution is -2.38. The minimum absolute atomic E-state index is 0.0769. The largest absolute Gasteiger partial charge is 0.465 e. The van der Waals surface area contributed by atoms with Crippen LogP contribution in [0.4, 0.5) is 0 Å². The Morgan fingerprint density at radius 2 is 1.39 bits per heavy atom. The molecule has 0 aliphatic heterocycles. The fourth-order valence-electron chi connectivity index (χ4n) is 3.80. The molecule has 0 aliphatic rings. The summed E-state index contributed by atoms with van der Waals surface area (Å²) in [6.45, 7) is 2.60. The summed E-state index contributed by atoms with van der Waals surface area (Å²) >= 11 is 1.59. The molecule has 0 fully saturated rings. The Kier molecular flexibility index (Phi) is 7.43. The van der Waals surface area contributed by atoms with E-state index in [2.05, 4.69) is 0 Å². The number of benzene rings is 3. The highest BCUT2D eigenvalue weighted by Crippen LogP contribution is 2.26. The first-order valence-corrected chi connectivity index (χ1v) is 11.8. The van der Waals surface area contributed by atoms with Crippen molar-refractivity contribution in [2.45, 2.75) is 25.8 Å². The zero-order valence-corrected chi connectivity index (χ0v) is 19.3. The number of thiazole rings is 1. The summed E-state index contributed by atoms with van der Waals surface area (Å²) in [7, 11) is 0. The minimum atomic E-state index is -0.453. The van der Waals surface area contributed by atoms with Crippen molar-refractivity contribution < 1.29 is 18.9 Å². The molecule has 0 bridgehead atoms. The van der Waals surface area contributed by atoms with Gasteiger partial charge in [-0.3, -0.25) is 9.59 Å². The van der Waals surface area contributed by atoms with E-state index in [4.69, 9.17) is 4.74 Å². The van der Waals surface area contributed by atoms with Crippen LogP contribution in [0, 0.1) is 6.92 Å². The van der Waals surface area contributed by atoms with E-state index in [1.54, 1.807) is 11.3 Å². The Balaban J connectivity index is 1.39. The van der Waals surface area contributed by atoms with Gasteiger partial charge in [0.2, 0.25) is 17.8 Å². The van der Waals surface area contributed by atoms with Gasteiger partial charge in [0, 0.05) is 18.9 Å². The summed E-state index contributed by atoms with van der Waals surface area (Å²) < 4.78 is 7.69. The minimum Gasteiger partial charge on any atom is -0.465 e. The number of Topliss-reactive ketones (excluding diaryl/α,β-unsaturated/α-hetero) is 1. The van der Waals surface area contributed by atoms with E-state index in [1.165, 1.54) is 0 Å². The highest BCUT2D eigenvalue weighted by atomic mass is 32.1. The molecular formula is C28H26NO3S+. The van der Waals surface area contributed by atoms with E-state index >= 15 is 0 Å². The second kappa shape index (κ2) is 10.8. The lowest BCUT2D eigenvalue weighted by atomic mass is 9.91. The smallest absolute Gasteiger partial charge is 0.317 e. The number of hydrogen-bond acceptors (Lipinski definition) is 4. The molecule has 4 rings (SSSR count). The van der Waals surface area contributed by atoms with Gasteiger partial charge < -0.3 is 4.74 Å². The van der Waals surface area contributed by atoms with E-state index in [1.807, 2.05) is 108 Å². The van der Waals surface area contributed by atoms with Crippen molar-refractivity contribution in [2.24, 2.45) is 0 Å². The van der Waals surface area contributed by atoms with Gasteiger partial charge in [-0.2, -0.15) is 4.57 Å². The van der Waals surface area contributed by atoms with Crippen molar-refractivity contribution in [1.82, 2.24) is 0 Å². The molecular weight excluding hydrogens is 430 g/mol. The van der Waals surface area contributed by atoms with Gasteiger partial charge in [0.25, 0.3) is 0 Å². The van der Waals surface area contributed by atoms with Gasteiger partial charge in [-0.15, -0.1) is 0 Å². The van der Waals surface area contributed by atoms with E-state index in [-0.39, 0.29) is 11.8 Å². The van der Waals surface area contributed by atoms with Crippen molar-refractivity contribution in [3.63, 3.8) is 0 Å². The Morgan fingerprint density at radius 1 is 0.848 bits per heavy atom. The lowest BCUT2D eigenvalue weighted by Gasteiger charge is -2.17. The molecule has 1 heterocycles. The molecule has 0 N–H and O–H groups in total. The Hall–Kier alpha value is -3.57. The second-order valence-electron chi connectivity index (χ2n) is 7.82. The van der Waals surface area contributed by atoms with E-state index in [9.17, 15) is 9.59 Å². The van der Waals surface area contributed by atoms with Gasteiger partial charge in [-0.1, -0.05) is 102 Å². The third kappa shape index (κ3) is 5.62. The number of carbonyl (C=O) groups is 2. The molecule has 4 aromatic rings. The number of nitrogens with zero attached hydrogens (tertiary/aromatic N) is 1. The molecule has 0 saturated heterocycles. The van der Waals surface area contributed by atoms with Crippen molar-refractivity contribution in [3.8, 4) is 0 Å². The average molecular weight is 457 g/mol. The topological polar surface area (TPSA) is 47.2 Å². The van der Waals surface area contributed by atoms with E-state index in [0.29, 0.717) is 25.1 Å². The van der Waals surface area contributed by atoms with Gasteiger partial charge in [-0.25, -0.2) is 0 Å². The van der Waals surface area contributed by atoms with Gasteiger partial charge in [0.1, 0.15) is 5.92 Å². The van der Waals surface area contributed by atoms with Crippen LogP contribution in [0.25, 0.3) is 0 Å². The SMILES string of the molecule is Cc1c(CCOC(=O)C(c2ccccc2)c2ccccc2)sc[n+]1CC(=O)c1ccccc1. The van der Waals surface area contributed by atoms with Crippen LogP contribution in [0.1, 0.15) is 38.0 Å². The molecule has 0 atom stereocenters. The second-order valence-corrected chi connectivity index (χ2v) is 8.76. The van der Waals surface area contributed by atoms with Gasteiger partial charge >= 0.3 is 5.97 Å². The Labute approximate surface area is 198 Å². The molecule has 166 valence electrons. The summed E-state index contributed by atoms with van der Waals surface area (Å²) in [6.07, 6.45) is 0.616. The summed E-state index contributed by atoms with van der Waals surface area (Å²) in [6, 6.07) is 28.7. The Morgan fingerprint density at radius 3 is 1.97 bits per heavy atom. The molecule has 0 unspecified atom stereocenters. The predicted molar refractivity (Wildman–Crippen MR) is 129 cm³/mol. The number of carbonyl (C=O) groups excluding carboxylic acids is 2. The fraction of sp³-hybridized carbons (Fsp3) is 0.179. The van der Waals surface area contributed by atoms with Crippen molar-refractivity contribution in [1.29, 1.82) is 0 Å². The average Bonchev–Trinajstić information content (AvgIpc) is 3.20. The zero-order valence-electron chi connectivity index (χ0n) is 18.5. The van der Waals surface area contributed by atoms with Crippen molar-refractivity contribution in [2.75, 3.05) is 6.61 Å². The first-order chi connectivity index (χ1) is 16.1. The summed E-state index contributed by atoms with van der Waals surface area (Å²) in [4.78, 5) is 26.7. The maximum Gasteiger partial charge on any atom is 0.317 e. The monoisotopic (exact) mass is 456 g/mol. The molecule has 5 heteroatoms. The standard InChI is InChI=1S/C28H26NO3S/c1-21-26(33-20-29(21)19-25(30)22-11-5-2-6-12-22)17-18-32-28(31)27(23-13-7-3-8-14-23)24-15-9-4-10-16-24/h2-16,20,27H,17-19H2,1H3/q+1. The van der Waals surface area contributed by atoms with Gasteiger partial charge in [0.05, 0.1) is 11.5 Å². The number of esters is 1. The molecule has 0 radical (unpaired) electrons. The molecule has 3 aromatic carbocycles. The normalized spacial score (nSPS) is 10.8. The van der Waals surface area contributed by atoms with Gasteiger partial charge in [0.15, 0.2) is 5.69 Å². The predicted octanol–water partition coefficient (Wildman–Crippen LogP) is 5.14. The van der Waals surface area contributed by atoms with Gasteiger partial charge in [-0.05, 0) is 11.1 Å². The molecule has 0 amide bonds. The molecule has 0 aliphatic carbocycles. The number of aromatic nitrogens is 1. The number of hydrogen-bond donors (Lipinski definition) is 0. The van der Waals surface area contributed by atoms with E-state index in [0.717, 1.165) is 21.7 Å². The summed E-state index contributed by atoms with van der Waals surface area (Å²) in [5, 5.41) is 0. The van der Waals surface area contributed by atoms with Crippen molar-refractivity contribution in [3.05, 3.63) is 124 Å². The molecule has 33 heavy (non-hydrogen) atoms. The number of ether oxygens (including phenoxy) is 1. The number of rotatable bonds is 9. The van der Waals surface area contributed by atoms with Crippen LogP contribution in [-0.2, 0) is 22.5 Å². The molecule has 4 nitrogen and oxygen atoms in total. The third-order valence-corrected chi connectivity index (χ3v) is 6.79. The van der Waals surface area contributed by atoms with Crippen LogP contribution in [0.5, 0.6) is 0 Å². The van der Waals surface area contributed by atoms with Crippen LogP contribution in [-0.4, -0.2) is 18.4 Å². The van der Waals surface area contributed by atoms with Crippen LogP contribution < -0.4 is 4.57 Å². The van der Waals surface area contributed by atoms with Crippen LogP contribution in [0.2, 0.25) is 0 Å². The highest BCUT2D eigenvalue weighted by molar-refractivity contribution is 7.09. The summed E-state index contributed by atoms with van der Waals surface area (Å²) in [5.74, 6) is -0.632. The van der Waals surface area contributed by atoms with Crippen LogP contribution >= 0.6 is 11.3 Å². The third-order valence-electron chi connectivity index (χ3n) is 5.64. The summed E-state index contributed by atoms with van der Waals surface area (Å²) in [5.41, 5.74) is 5.53. The van der Waals surface area contributed by atoms with Crippen LogP contribution in [0.15, 0.2) is 96.5 Å². The van der Waals surface area contributed by atoms with E-state index < -0.39 is 5.92 Å². The lowest BCUT2D eigenvalue weighted by molar-refractivity contribution is -0.684. The Bertz CT molecular complexity index is 1160. The zero-order chi connectivity index (χ0) is 23.0. The quantitative estimate of drug-likeness (QED) is 0.199. The molecule has 0 saturated carbocycles. The fourth-order valence-corrected chi connectivity index (χ4v) is 4.78. The highest BCUT2D eigenvalue weighted by Gasteiger charge is 2.25. The number of ketones is 1. The molecule has 1 aromatic heterocycles. The van der Waals surface area contributed by atoms with Crippen molar-refractivity contribution >= 4 is 23.1 Å². The molecule has 0 spiro atoms. The first kappa shape index (κ1) is 22.6. The maximum atomic E-state index is 13.1. The first-order valence-electron chi connectivity index (χ1n) is 10.9. The van der Waals surface area contributed by atoms with Crippen LogP contribution in [0.3, 0.4) is 0 Å². The maximum absolute atomic E-state index is 13.1.